The molecule has 1 heterocycles. The van der Waals surface area contributed by atoms with Gasteiger partial charge in [-0.25, -0.2) is 0 Å². The normalized spacial score (nSPS) is 15.8. The van der Waals surface area contributed by atoms with Gasteiger partial charge in [0.05, 0.1) is 4.92 Å². The summed E-state index contributed by atoms with van der Waals surface area (Å²) in [6.45, 7) is 3.18. The van der Waals surface area contributed by atoms with Gasteiger partial charge in [0, 0.05) is 51.0 Å². The number of ether oxygens (including phenoxy) is 1. The van der Waals surface area contributed by atoms with Gasteiger partial charge in [0.2, 0.25) is 0 Å². The maximum Gasteiger partial charge on any atom is 0.411 e. The Labute approximate surface area is 154 Å². The van der Waals surface area contributed by atoms with E-state index in [0.29, 0.717) is 50.4 Å². The van der Waals surface area contributed by atoms with Crippen molar-refractivity contribution in [1.82, 2.24) is 4.90 Å². The molecule has 1 saturated heterocycles. The Morgan fingerprint density at radius 2 is 1.93 bits per heavy atom. The largest absolute Gasteiger partial charge is 0.411 e. The molecule has 1 fully saturated rings. The SMILES string of the molecule is CC(=O)c1ccc(N2CCN(CCCOCC(F)(F)F)CC2)c([N+](=O)[O-])c1. The molecule has 0 aromatic heterocycles. The van der Waals surface area contributed by atoms with Crippen LogP contribution in [0.3, 0.4) is 0 Å². The molecule has 0 radical (unpaired) electrons. The van der Waals surface area contributed by atoms with Crippen LogP contribution >= 0.6 is 0 Å². The zero-order valence-electron chi connectivity index (χ0n) is 15.0. The number of carbonyl (C=O) groups excluding carboxylic acids is 1. The first-order chi connectivity index (χ1) is 12.7. The van der Waals surface area contributed by atoms with Crippen LogP contribution in [0.25, 0.3) is 0 Å². The minimum absolute atomic E-state index is 0.0394. The minimum Gasteiger partial charge on any atom is -0.372 e. The molecule has 7 nitrogen and oxygen atoms in total. The molecular formula is C17H22F3N3O4. The standard InChI is InChI=1S/C17H22F3N3O4/c1-13(24)14-3-4-15(16(11-14)23(25)26)22-8-6-21(7-9-22)5-2-10-27-12-17(18,19)20/h3-4,11H,2,5-10,12H2,1H3. The van der Waals surface area contributed by atoms with Gasteiger partial charge in [0.15, 0.2) is 5.78 Å². The van der Waals surface area contributed by atoms with Crippen molar-refractivity contribution in [3.63, 3.8) is 0 Å². The van der Waals surface area contributed by atoms with E-state index in [1.54, 1.807) is 12.1 Å². The van der Waals surface area contributed by atoms with Crippen LogP contribution in [0.2, 0.25) is 0 Å². The molecule has 0 aliphatic carbocycles. The van der Waals surface area contributed by atoms with Gasteiger partial charge in [-0.1, -0.05) is 0 Å². The second-order valence-electron chi connectivity index (χ2n) is 6.37. The van der Waals surface area contributed by atoms with Crippen molar-refractivity contribution in [3.8, 4) is 0 Å². The van der Waals surface area contributed by atoms with Crippen molar-refractivity contribution in [2.45, 2.75) is 19.5 Å². The number of ketones is 1. The first kappa shape index (κ1) is 21.1. The van der Waals surface area contributed by atoms with Crippen molar-refractivity contribution < 1.29 is 27.6 Å². The Hall–Kier alpha value is -2.20. The van der Waals surface area contributed by atoms with Crippen LogP contribution in [0, 0.1) is 10.1 Å². The molecule has 0 spiro atoms. The number of piperazine rings is 1. The first-order valence-corrected chi connectivity index (χ1v) is 8.58. The summed E-state index contributed by atoms with van der Waals surface area (Å²) < 4.78 is 40.6. The van der Waals surface area contributed by atoms with E-state index < -0.39 is 17.7 Å². The third kappa shape index (κ3) is 6.47. The summed E-state index contributed by atoms with van der Waals surface area (Å²) in [5.74, 6) is -0.234. The second-order valence-corrected chi connectivity index (χ2v) is 6.37. The molecule has 1 aliphatic rings. The lowest BCUT2D eigenvalue weighted by Gasteiger charge is -2.35. The topological polar surface area (TPSA) is 75.9 Å². The molecule has 0 N–H and O–H groups in total. The Kier molecular flexibility index (Phi) is 7.14. The predicted molar refractivity (Wildman–Crippen MR) is 93.2 cm³/mol. The van der Waals surface area contributed by atoms with E-state index in [0.717, 1.165) is 0 Å². The summed E-state index contributed by atoms with van der Waals surface area (Å²) in [5.41, 5.74) is 0.665. The fraction of sp³-hybridized carbons (Fsp3) is 0.588. The highest BCUT2D eigenvalue weighted by molar-refractivity contribution is 5.95. The van der Waals surface area contributed by atoms with Gasteiger partial charge in [-0.05, 0) is 25.5 Å². The van der Waals surface area contributed by atoms with Crippen LogP contribution in [-0.4, -0.2) is 67.7 Å². The highest BCUT2D eigenvalue weighted by Gasteiger charge is 2.27. The number of anilines is 1. The van der Waals surface area contributed by atoms with Crippen LogP contribution < -0.4 is 4.90 Å². The van der Waals surface area contributed by atoms with Gasteiger partial charge >= 0.3 is 6.18 Å². The van der Waals surface area contributed by atoms with Gasteiger partial charge in [0.1, 0.15) is 12.3 Å². The number of halogens is 3. The number of benzene rings is 1. The van der Waals surface area contributed by atoms with Crippen LogP contribution in [0.4, 0.5) is 24.5 Å². The number of hydrogen-bond acceptors (Lipinski definition) is 6. The van der Waals surface area contributed by atoms with Gasteiger partial charge < -0.3 is 9.64 Å². The predicted octanol–water partition coefficient (Wildman–Crippen LogP) is 2.89. The highest BCUT2D eigenvalue weighted by Crippen LogP contribution is 2.30. The summed E-state index contributed by atoms with van der Waals surface area (Å²) in [6, 6.07) is 4.46. The molecule has 150 valence electrons. The number of Topliss-reactive ketones (excluding diaryl/α,β-unsaturated/α-hetero) is 1. The Morgan fingerprint density at radius 3 is 2.48 bits per heavy atom. The molecule has 0 bridgehead atoms. The van der Waals surface area contributed by atoms with Gasteiger partial charge in [-0.3, -0.25) is 19.8 Å². The van der Waals surface area contributed by atoms with E-state index in [1.165, 1.54) is 13.0 Å². The number of carbonyl (C=O) groups is 1. The summed E-state index contributed by atoms with van der Waals surface area (Å²) in [4.78, 5) is 26.3. The van der Waals surface area contributed by atoms with Crippen molar-refractivity contribution in [1.29, 1.82) is 0 Å². The Morgan fingerprint density at radius 1 is 1.26 bits per heavy atom. The van der Waals surface area contributed by atoms with E-state index in [2.05, 4.69) is 9.64 Å². The molecule has 0 atom stereocenters. The molecule has 1 aromatic carbocycles. The Balaban J connectivity index is 1.85. The monoisotopic (exact) mass is 389 g/mol. The van der Waals surface area contributed by atoms with Crippen molar-refractivity contribution in [3.05, 3.63) is 33.9 Å². The summed E-state index contributed by atoms with van der Waals surface area (Å²) in [6.07, 6.45) is -3.82. The van der Waals surface area contributed by atoms with E-state index >= 15 is 0 Å². The van der Waals surface area contributed by atoms with Crippen molar-refractivity contribution >= 4 is 17.2 Å². The molecule has 0 amide bonds. The fourth-order valence-corrected chi connectivity index (χ4v) is 2.95. The molecule has 1 aromatic rings. The minimum atomic E-state index is -4.31. The number of alkyl halides is 3. The van der Waals surface area contributed by atoms with E-state index in [9.17, 15) is 28.1 Å². The fourth-order valence-electron chi connectivity index (χ4n) is 2.95. The molecular weight excluding hydrogens is 367 g/mol. The lowest BCUT2D eigenvalue weighted by atomic mass is 10.1. The zero-order valence-corrected chi connectivity index (χ0v) is 15.0. The van der Waals surface area contributed by atoms with Crippen molar-refractivity contribution in [2.75, 3.05) is 50.8 Å². The highest BCUT2D eigenvalue weighted by atomic mass is 19.4. The second kappa shape index (κ2) is 9.14. The van der Waals surface area contributed by atoms with Crippen molar-refractivity contribution in [2.24, 2.45) is 0 Å². The molecule has 10 heteroatoms. The van der Waals surface area contributed by atoms with E-state index in [4.69, 9.17) is 0 Å². The number of nitro benzene ring substituents is 1. The number of rotatable bonds is 8. The average Bonchev–Trinajstić information content (AvgIpc) is 2.60. The van der Waals surface area contributed by atoms with Gasteiger partial charge in [-0.15, -0.1) is 0 Å². The third-order valence-corrected chi connectivity index (χ3v) is 4.32. The summed E-state index contributed by atoms with van der Waals surface area (Å²) >= 11 is 0. The van der Waals surface area contributed by atoms with Gasteiger partial charge in [-0.2, -0.15) is 13.2 Å². The first-order valence-electron chi connectivity index (χ1n) is 8.58. The molecule has 1 aliphatic heterocycles. The van der Waals surface area contributed by atoms with Crippen LogP contribution in [0.5, 0.6) is 0 Å². The number of nitrogens with zero attached hydrogens (tertiary/aromatic N) is 3. The van der Waals surface area contributed by atoms with Crippen LogP contribution in [-0.2, 0) is 4.74 Å². The molecule has 2 rings (SSSR count). The average molecular weight is 389 g/mol. The van der Waals surface area contributed by atoms with E-state index in [-0.39, 0.29) is 18.1 Å². The molecule has 27 heavy (non-hydrogen) atoms. The maximum absolute atomic E-state index is 12.0. The Bertz CT molecular complexity index is 674. The number of nitro groups is 1. The summed E-state index contributed by atoms with van der Waals surface area (Å²) in [7, 11) is 0. The smallest absolute Gasteiger partial charge is 0.372 e. The molecule has 0 unspecified atom stereocenters. The maximum atomic E-state index is 12.0. The van der Waals surface area contributed by atoms with Crippen LogP contribution in [0.1, 0.15) is 23.7 Å². The number of hydrogen-bond donors (Lipinski definition) is 0. The lowest BCUT2D eigenvalue weighted by molar-refractivity contribution is -0.384. The molecule has 0 saturated carbocycles. The van der Waals surface area contributed by atoms with E-state index in [1.807, 2.05) is 4.90 Å². The van der Waals surface area contributed by atoms with Gasteiger partial charge in [0.25, 0.3) is 5.69 Å². The zero-order chi connectivity index (χ0) is 20.0. The third-order valence-electron chi connectivity index (χ3n) is 4.32. The van der Waals surface area contributed by atoms with Crippen LogP contribution in [0.15, 0.2) is 18.2 Å². The lowest BCUT2D eigenvalue weighted by Crippen LogP contribution is -2.47. The quantitative estimate of drug-likeness (QED) is 0.295. The summed E-state index contributed by atoms with van der Waals surface area (Å²) in [5, 5.41) is 11.3.